The van der Waals surface area contributed by atoms with Crippen molar-refractivity contribution in [3.05, 3.63) is 68.1 Å². The molecule has 2 aromatic rings. The first-order valence-electron chi connectivity index (χ1n) is 5.86. The van der Waals surface area contributed by atoms with E-state index >= 15 is 0 Å². The minimum Gasteiger partial charge on any atom is -0.271 e. The van der Waals surface area contributed by atoms with Crippen molar-refractivity contribution >= 4 is 31.9 Å². The smallest absolute Gasteiger partial charge is 0.137 e. The van der Waals surface area contributed by atoms with Gasteiger partial charge in [0.25, 0.3) is 0 Å². The van der Waals surface area contributed by atoms with E-state index < -0.39 is 0 Å². The largest absolute Gasteiger partial charge is 0.271 e. The van der Waals surface area contributed by atoms with Crippen molar-refractivity contribution in [1.82, 2.24) is 5.43 Å². The quantitative estimate of drug-likeness (QED) is 0.589. The molecule has 0 heterocycles. The Morgan fingerprint density at radius 2 is 1.75 bits per heavy atom. The number of hydrazine groups is 1. The van der Waals surface area contributed by atoms with Gasteiger partial charge in [-0.2, -0.15) is 0 Å². The number of halogens is 4. The molecule has 0 aliphatic heterocycles. The van der Waals surface area contributed by atoms with Gasteiger partial charge in [0.1, 0.15) is 11.6 Å². The molecule has 1 atom stereocenters. The maximum atomic E-state index is 13.6. The molecule has 0 bridgehead atoms. The van der Waals surface area contributed by atoms with Crippen LogP contribution in [0, 0.1) is 11.6 Å². The highest BCUT2D eigenvalue weighted by molar-refractivity contribution is 9.10. The van der Waals surface area contributed by atoms with Crippen LogP contribution in [0.4, 0.5) is 8.78 Å². The fourth-order valence-corrected chi connectivity index (χ4v) is 2.58. The summed E-state index contributed by atoms with van der Waals surface area (Å²) in [7, 11) is 0. The Hall–Kier alpha value is -0.820. The van der Waals surface area contributed by atoms with Gasteiger partial charge >= 0.3 is 0 Å². The Balaban J connectivity index is 2.28. The lowest BCUT2D eigenvalue weighted by Gasteiger charge is -2.17. The first kappa shape index (κ1) is 15.6. The first-order valence-corrected chi connectivity index (χ1v) is 7.45. The summed E-state index contributed by atoms with van der Waals surface area (Å²) in [6, 6.07) is 8.93. The van der Waals surface area contributed by atoms with Gasteiger partial charge < -0.3 is 0 Å². The van der Waals surface area contributed by atoms with Crippen LogP contribution in [-0.4, -0.2) is 0 Å². The molecule has 20 heavy (non-hydrogen) atoms. The van der Waals surface area contributed by atoms with Crippen LogP contribution in [0.25, 0.3) is 0 Å². The van der Waals surface area contributed by atoms with Crippen molar-refractivity contribution in [3.63, 3.8) is 0 Å². The van der Waals surface area contributed by atoms with E-state index in [1.807, 2.05) is 0 Å². The second kappa shape index (κ2) is 6.76. The molecule has 6 heteroatoms. The van der Waals surface area contributed by atoms with E-state index in [-0.39, 0.29) is 17.7 Å². The van der Waals surface area contributed by atoms with Crippen LogP contribution in [-0.2, 0) is 6.42 Å². The molecule has 0 aliphatic carbocycles. The second-order valence-electron chi connectivity index (χ2n) is 4.33. The van der Waals surface area contributed by atoms with E-state index in [1.165, 1.54) is 18.2 Å². The highest BCUT2D eigenvalue weighted by Crippen LogP contribution is 2.26. The maximum Gasteiger partial charge on any atom is 0.137 e. The standard InChI is InChI=1S/C14H12Br2F2N2/c15-11-4-2-10(17)5-9(11)7-14(20-19)8-1-3-12(16)13(18)6-8/h1-6,14,20H,7,19H2. The molecule has 0 aliphatic rings. The Bertz CT molecular complexity index is 620. The molecule has 0 radical (unpaired) electrons. The highest BCUT2D eigenvalue weighted by Gasteiger charge is 2.14. The predicted molar refractivity (Wildman–Crippen MR) is 82.0 cm³/mol. The zero-order chi connectivity index (χ0) is 14.7. The van der Waals surface area contributed by atoms with Crippen molar-refractivity contribution in [3.8, 4) is 0 Å². The third kappa shape index (κ3) is 3.63. The van der Waals surface area contributed by atoms with Crippen molar-refractivity contribution < 1.29 is 8.78 Å². The molecule has 0 aromatic heterocycles. The minimum absolute atomic E-state index is 0.310. The summed E-state index contributed by atoms with van der Waals surface area (Å²) in [5.41, 5.74) is 4.09. The molecule has 2 rings (SSSR count). The summed E-state index contributed by atoms with van der Waals surface area (Å²) in [6.07, 6.45) is 0.440. The number of hydrogen-bond donors (Lipinski definition) is 2. The van der Waals surface area contributed by atoms with Crippen molar-refractivity contribution in [2.24, 2.45) is 5.84 Å². The number of hydrogen-bond acceptors (Lipinski definition) is 2. The summed E-state index contributed by atoms with van der Waals surface area (Å²) >= 11 is 6.47. The molecule has 1 unspecified atom stereocenters. The van der Waals surface area contributed by atoms with Crippen LogP contribution in [0.15, 0.2) is 45.3 Å². The van der Waals surface area contributed by atoms with Crippen molar-refractivity contribution in [2.45, 2.75) is 12.5 Å². The summed E-state index contributed by atoms with van der Waals surface area (Å²) in [5.74, 6) is 4.86. The van der Waals surface area contributed by atoms with E-state index in [9.17, 15) is 8.78 Å². The number of nitrogens with two attached hydrogens (primary N) is 1. The molecular weight excluding hydrogens is 394 g/mol. The van der Waals surface area contributed by atoms with Crippen LogP contribution in [0.5, 0.6) is 0 Å². The zero-order valence-electron chi connectivity index (χ0n) is 10.3. The average molecular weight is 406 g/mol. The molecule has 2 aromatic carbocycles. The van der Waals surface area contributed by atoms with Gasteiger partial charge in [0.15, 0.2) is 0 Å². The summed E-state index contributed by atoms with van der Waals surface area (Å²) in [4.78, 5) is 0. The fourth-order valence-electron chi connectivity index (χ4n) is 1.92. The lowest BCUT2D eigenvalue weighted by Crippen LogP contribution is -2.29. The maximum absolute atomic E-state index is 13.6. The highest BCUT2D eigenvalue weighted by atomic mass is 79.9. The van der Waals surface area contributed by atoms with E-state index in [4.69, 9.17) is 5.84 Å². The third-order valence-corrected chi connectivity index (χ3v) is 4.40. The Labute approximate surface area is 132 Å². The van der Waals surface area contributed by atoms with Gasteiger partial charge in [0.05, 0.1) is 10.5 Å². The molecular formula is C14H12Br2F2N2. The van der Waals surface area contributed by atoms with Gasteiger partial charge in [-0.3, -0.25) is 11.3 Å². The molecule has 3 N–H and O–H groups in total. The van der Waals surface area contributed by atoms with Crippen LogP contribution in [0.3, 0.4) is 0 Å². The lowest BCUT2D eigenvalue weighted by atomic mass is 9.99. The molecule has 0 spiro atoms. The van der Waals surface area contributed by atoms with Gasteiger partial charge in [-0.05, 0) is 63.8 Å². The molecule has 2 nitrogen and oxygen atoms in total. The van der Waals surface area contributed by atoms with Gasteiger partial charge in [0.2, 0.25) is 0 Å². The monoisotopic (exact) mass is 404 g/mol. The van der Waals surface area contributed by atoms with Crippen LogP contribution < -0.4 is 11.3 Å². The van der Waals surface area contributed by atoms with E-state index in [2.05, 4.69) is 37.3 Å². The van der Waals surface area contributed by atoms with Crippen molar-refractivity contribution in [1.29, 1.82) is 0 Å². The van der Waals surface area contributed by atoms with Crippen LogP contribution in [0.1, 0.15) is 17.2 Å². The fraction of sp³-hybridized carbons (Fsp3) is 0.143. The predicted octanol–water partition coefficient (Wildman–Crippen LogP) is 4.24. The van der Waals surface area contributed by atoms with Crippen LogP contribution >= 0.6 is 31.9 Å². The topological polar surface area (TPSA) is 38.0 Å². The molecule has 0 saturated carbocycles. The Morgan fingerprint density at radius 3 is 2.40 bits per heavy atom. The minimum atomic E-state index is -0.360. The van der Waals surface area contributed by atoms with Gasteiger partial charge in [-0.15, -0.1) is 0 Å². The normalized spacial score (nSPS) is 12.4. The van der Waals surface area contributed by atoms with Crippen LogP contribution in [0.2, 0.25) is 0 Å². The van der Waals surface area contributed by atoms with Crippen molar-refractivity contribution in [2.75, 3.05) is 0 Å². The van der Waals surface area contributed by atoms with E-state index in [1.54, 1.807) is 18.2 Å². The Morgan fingerprint density at radius 1 is 1.05 bits per heavy atom. The lowest BCUT2D eigenvalue weighted by molar-refractivity contribution is 0.540. The average Bonchev–Trinajstić information content (AvgIpc) is 2.43. The number of benzene rings is 2. The SMILES string of the molecule is NNC(Cc1cc(F)ccc1Br)c1ccc(Br)c(F)c1. The molecule has 0 fully saturated rings. The molecule has 0 saturated heterocycles. The summed E-state index contributed by atoms with van der Waals surface area (Å²) in [6.45, 7) is 0. The van der Waals surface area contributed by atoms with Gasteiger partial charge in [0, 0.05) is 4.47 Å². The van der Waals surface area contributed by atoms with E-state index in [0.29, 0.717) is 16.5 Å². The summed E-state index contributed by atoms with van der Waals surface area (Å²) < 4.78 is 28.0. The zero-order valence-corrected chi connectivity index (χ0v) is 13.5. The second-order valence-corrected chi connectivity index (χ2v) is 6.04. The number of rotatable bonds is 4. The van der Waals surface area contributed by atoms with Gasteiger partial charge in [-0.25, -0.2) is 8.78 Å². The first-order chi connectivity index (χ1) is 9.51. The third-order valence-electron chi connectivity index (χ3n) is 2.98. The number of nitrogens with one attached hydrogen (secondary N) is 1. The molecule has 106 valence electrons. The summed E-state index contributed by atoms with van der Waals surface area (Å²) in [5, 5.41) is 0. The Kier molecular flexibility index (Phi) is 5.26. The van der Waals surface area contributed by atoms with E-state index in [0.717, 1.165) is 10.0 Å². The van der Waals surface area contributed by atoms with Gasteiger partial charge in [-0.1, -0.05) is 22.0 Å². The molecule has 0 amide bonds.